The number of aromatic nitrogens is 3. The number of nitrogens with one attached hydrogen (secondary N) is 3. The van der Waals surface area contributed by atoms with Crippen molar-refractivity contribution in [2.75, 3.05) is 7.05 Å². The first kappa shape index (κ1) is 14.1. The molecule has 0 spiro atoms. The Hall–Kier alpha value is -1.29. The third-order valence-electron chi connectivity index (χ3n) is 2.51. The number of H-pyrrole nitrogens is 1. The van der Waals surface area contributed by atoms with Crippen LogP contribution < -0.4 is 10.0 Å². The van der Waals surface area contributed by atoms with Gasteiger partial charge in [-0.15, -0.1) is 11.3 Å². The molecule has 0 saturated heterocycles. The summed E-state index contributed by atoms with van der Waals surface area (Å²) >= 11 is 1.41. The minimum Gasteiger partial charge on any atom is -0.315 e. The summed E-state index contributed by atoms with van der Waals surface area (Å²) in [6.07, 6.45) is 1.34. The van der Waals surface area contributed by atoms with Gasteiger partial charge in [-0.05, 0) is 25.4 Å². The smallest absolute Gasteiger partial charge is 0.242 e. The molecule has 2 rings (SSSR count). The van der Waals surface area contributed by atoms with E-state index in [4.69, 9.17) is 0 Å². The normalized spacial score (nSPS) is 13.6. The van der Waals surface area contributed by atoms with Gasteiger partial charge in [0.15, 0.2) is 0 Å². The van der Waals surface area contributed by atoms with Gasteiger partial charge in [0.1, 0.15) is 12.2 Å². The molecule has 0 saturated carbocycles. The van der Waals surface area contributed by atoms with E-state index in [1.807, 2.05) is 0 Å². The van der Waals surface area contributed by atoms with Gasteiger partial charge in [-0.25, -0.2) is 18.1 Å². The molecule has 0 bridgehead atoms. The SMILES string of the molecule is CNCc1sccc1S(=O)(=O)NC(C)c1ncn[nH]1. The van der Waals surface area contributed by atoms with Gasteiger partial charge in [0.2, 0.25) is 10.0 Å². The highest BCUT2D eigenvalue weighted by molar-refractivity contribution is 7.89. The van der Waals surface area contributed by atoms with Crippen molar-refractivity contribution in [2.45, 2.75) is 24.4 Å². The minimum atomic E-state index is -3.56. The Kier molecular flexibility index (Phi) is 4.30. The Morgan fingerprint density at radius 3 is 2.95 bits per heavy atom. The number of aromatic amines is 1. The van der Waals surface area contributed by atoms with Crippen LogP contribution in [-0.4, -0.2) is 30.6 Å². The molecule has 19 heavy (non-hydrogen) atoms. The zero-order chi connectivity index (χ0) is 13.9. The summed E-state index contributed by atoms with van der Waals surface area (Å²) < 4.78 is 27.2. The fourth-order valence-electron chi connectivity index (χ4n) is 1.63. The summed E-state index contributed by atoms with van der Waals surface area (Å²) in [6.45, 7) is 2.23. The van der Waals surface area contributed by atoms with Gasteiger partial charge in [0.05, 0.1) is 10.9 Å². The molecule has 2 aromatic rings. The van der Waals surface area contributed by atoms with Crippen molar-refractivity contribution in [1.82, 2.24) is 25.2 Å². The molecule has 0 aliphatic rings. The number of nitrogens with zero attached hydrogens (tertiary/aromatic N) is 2. The number of thiophene rings is 1. The van der Waals surface area contributed by atoms with Crippen molar-refractivity contribution < 1.29 is 8.42 Å². The van der Waals surface area contributed by atoms with Crippen molar-refractivity contribution in [3.8, 4) is 0 Å². The topological polar surface area (TPSA) is 99.8 Å². The second-order valence-corrected chi connectivity index (χ2v) is 6.64. The predicted molar refractivity (Wildman–Crippen MR) is 72.2 cm³/mol. The van der Waals surface area contributed by atoms with Crippen LogP contribution in [0, 0.1) is 0 Å². The summed E-state index contributed by atoms with van der Waals surface area (Å²) in [7, 11) is -1.78. The first-order chi connectivity index (χ1) is 9.04. The van der Waals surface area contributed by atoms with E-state index < -0.39 is 16.1 Å². The molecule has 0 fully saturated rings. The Morgan fingerprint density at radius 1 is 1.53 bits per heavy atom. The standard InChI is InChI=1S/C10H15N5O2S2/c1-7(10-12-6-13-14-10)15-19(16,17)9-3-4-18-8(9)5-11-2/h3-4,6-7,11,15H,5H2,1-2H3,(H,12,13,14). The predicted octanol–water partition coefficient (Wildman–Crippen LogP) is 0.625. The van der Waals surface area contributed by atoms with E-state index in [-0.39, 0.29) is 0 Å². The van der Waals surface area contributed by atoms with Crippen molar-refractivity contribution in [3.63, 3.8) is 0 Å². The molecule has 3 N–H and O–H groups in total. The zero-order valence-corrected chi connectivity index (χ0v) is 12.2. The minimum absolute atomic E-state index is 0.304. The molecule has 0 aromatic carbocycles. The number of hydrogen-bond donors (Lipinski definition) is 3. The van der Waals surface area contributed by atoms with Gasteiger partial charge in [-0.2, -0.15) is 5.10 Å². The Bertz CT molecular complexity index is 620. The van der Waals surface area contributed by atoms with Crippen LogP contribution in [0.1, 0.15) is 23.7 Å². The van der Waals surface area contributed by atoms with Gasteiger partial charge in [-0.3, -0.25) is 5.10 Å². The molecule has 0 aliphatic carbocycles. The number of hydrogen-bond acceptors (Lipinski definition) is 6. The second kappa shape index (κ2) is 5.78. The van der Waals surface area contributed by atoms with E-state index in [0.717, 1.165) is 4.88 Å². The van der Waals surface area contributed by atoms with Gasteiger partial charge >= 0.3 is 0 Å². The maximum Gasteiger partial charge on any atom is 0.242 e. The highest BCUT2D eigenvalue weighted by Gasteiger charge is 2.23. The van der Waals surface area contributed by atoms with E-state index in [1.165, 1.54) is 17.7 Å². The first-order valence-electron chi connectivity index (χ1n) is 5.63. The Labute approximate surface area is 115 Å². The lowest BCUT2D eigenvalue weighted by Crippen LogP contribution is -2.28. The Morgan fingerprint density at radius 2 is 2.32 bits per heavy atom. The van der Waals surface area contributed by atoms with Gasteiger partial charge in [0, 0.05) is 11.4 Å². The van der Waals surface area contributed by atoms with Crippen LogP contribution >= 0.6 is 11.3 Å². The average Bonchev–Trinajstić information content (AvgIpc) is 2.99. The van der Waals surface area contributed by atoms with E-state index in [2.05, 4.69) is 25.2 Å². The summed E-state index contributed by atoms with van der Waals surface area (Å²) in [5.74, 6) is 0.481. The number of sulfonamides is 1. The lowest BCUT2D eigenvalue weighted by molar-refractivity contribution is 0.559. The fraction of sp³-hybridized carbons (Fsp3) is 0.400. The lowest BCUT2D eigenvalue weighted by Gasteiger charge is -2.12. The quantitative estimate of drug-likeness (QED) is 0.726. The molecule has 2 aromatic heterocycles. The van der Waals surface area contributed by atoms with Crippen LogP contribution in [0.4, 0.5) is 0 Å². The van der Waals surface area contributed by atoms with Crippen molar-refractivity contribution >= 4 is 21.4 Å². The van der Waals surface area contributed by atoms with Crippen molar-refractivity contribution in [2.24, 2.45) is 0 Å². The highest BCUT2D eigenvalue weighted by atomic mass is 32.2. The van der Waals surface area contributed by atoms with Crippen LogP contribution in [0.2, 0.25) is 0 Å². The lowest BCUT2D eigenvalue weighted by atomic mass is 10.3. The van der Waals surface area contributed by atoms with Gasteiger partial charge in [0.25, 0.3) is 0 Å². The monoisotopic (exact) mass is 301 g/mol. The largest absolute Gasteiger partial charge is 0.315 e. The van der Waals surface area contributed by atoms with Crippen LogP contribution in [0.25, 0.3) is 0 Å². The third kappa shape index (κ3) is 3.18. The van der Waals surface area contributed by atoms with E-state index in [0.29, 0.717) is 17.3 Å². The summed E-state index contributed by atoms with van der Waals surface area (Å²) in [6, 6.07) is 1.14. The van der Waals surface area contributed by atoms with Gasteiger partial charge < -0.3 is 5.32 Å². The van der Waals surface area contributed by atoms with E-state index in [1.54, 1.807) is 25.4 Å². The fourth-order valence-corrected chi connectivity index (χ4v) is 4.30. The molecular formula is C10H15N5O2S2. The average molecular weight is 301 g/mol. The van der Waals surface area contributed by atoms with Crippen LogP contribution in [0.3, 0.4) is 0 Å². The highest BCUT2D eigenvalue weighted by Crippen LogP contribution is 2.23. The molecule has 0 aliphatic heterocycles. The van der Waals surface area contributed by atoms with Crippen LogP contribution in [0.5, 0.6) is 0 Å². The maximum absolute atomic E-state index is 12.3. The van der Waals surface area contributed by atoms with Crippen molar-refractivity contribution in [3.05, 3.63) is 28.5 Å². The first-order valence-corrected chi connectivity index (χ1v) is 7.99. The molecule has 7 nitrogen and oxygen atoms in total. The summed E-state index contributed by atoms with van der Waals surface area (Å²) in [4.78, 5) is 5.02. The summed E-state index contributed by atoms with van der Waals surface area (Å²) in [5.41, 5.74) is 0. The zero-order valence-electron chi connectivity index (χ0n) is 10.5. The Balaban J connectivity index is 2.20. The molecule has 0 radical (unpaired) electrons. The second-order valence-electron chi connectivity index (χ2n) is 3.95. The molecular weight excluding hydrogens is 286 g/mol. The maximum atomic E-state index is 12.3. The van der Waals surface area contributed by atoms with Gasteiger partial charge in [-0.1, -0.05) is 0 Å². The molecule has 1 atom stereocenters. The third-order valence-corrected chi connectivity index (χ3v) is 5.18. The van der Waals surface area contributed by atoms with Crippen molar-refractivity contribution in [1.29, 1.82) is 0 Å². The van der Waals surface area contributed by atoms with E-state index >= 15 is 0 Å². The molecule has 0 amide bonds. The van der Waals surface area contributed by atoms with Crippen LogP contribution in [0.15, 0.2) is 22.7 Å². The molecule has 104 valence electrons. The summed E-state index contributed by atoms with van der Waals surface area (Å²) in [5, 5.41) is 11.1. The molecule has 1 unspecified atom stereocenters. The molecule has 9 heteroatoms. The van der Waals surface area contributed by atoms with E-state index in [9.17, 15) is 8.42 Å². The van der Waals surface area contributed by atoms with Crippen LogP contribution in [-0.2, 0) is 16.6 Å². The molecule has 2 heterocycles. The number of rotatable bonds is 6.